The Balaban J connectivity index is 0.000000188. The second-order valence-corrected chi connectivity index (χ2v) is 5.59. The summed E-state index contributed by atoms with van der Waals surface area (Å²) in [5.41, 5.74) is 7.05. The van der Waals surface area contributed by atoms with Gasteiger partial charge in [-0.1, -0.05) is 12.1 Å². The van der Waals surface area contributed by atoms with Crippen LogP contribution in [0.2, 0.25) is 0 Å². The van der Waals surface area contributed by atoms with Gasteiger partial charge in [0, 0.05) is 6.07 Å². The summed E-state index contributed by atoms with van der Waals surface area (Å²) < 4.78 is 4.94. The van der Waals surface area contributed by atoms with E-state index in [0.29, 0.717) is 22.7 Å². The molecule has 142 valence electrons. The standard InChI is InChI=1S/C14H12O4.C5H5N5/c1-18-9-6-7-11(13(16)8-9)14(17)10-4-2-3-5-12(10)15;6-4-3-5(9-1-7-3)10-2-8-4/h2-8,15-16H,1H3;1-2H,(H3,6,7,8,9,10). The number of H-pyrrole nitrogens is 1. The number of benzene rings is 2. The molecule has 9 nitrogen and oxygen atoms in total. The van der Waals surface area contributed by atoms with Crippen LogP contribution in [-0.2, 0) is 0 Å². The van der Waals surface area contributed by atoms with E-state index in [0.717, 1.165) is 0 Å². The number of aromatic amines is 1. The number of ether oxygens (including phenoxy) is 1. The minimum Gasteiger partial charge on any atom is -0.507 e. The van der Waals surface area contributed by atoms with E-state index >= 15 is 0 Å². The third-order valence-corrected chi connectivity index (χ3v) is 3.85. The van der Waals surface area contributed by atoms with E-state index in [1.54, 1.807) is 18.2 Å². The molecule has 28 heavy (non-hydrogen) atoms. The van der Waals surface area contributed by atoms with Gasteiger partial charge in [0.2, 0.25) is 0 Å². The Hall–Kier alpha value is -4.14. The number of imidazole rings is 1. The highest BCUT2D eigenvalue weighted by Crippen LogP contribution is 2.28. The molecule has 4 rings (SSSR count). The number of nitrogens with two attached hydrogens (primary N) is 1. The van der Waals surface area contributed by atoms with Crippen molar-refractivity contribution in [3.05, 3.63) is 66.2 Å². The Labute approximate surface area is 159 Å². The second kappa shape index (κ2) is 8.04. The summed E-state index contributed by atoms with van der Waals surface area (Å²) in [5.74, 6) is 0.164. The number of methoxy groups -OCH3 is 1. The number of carbonyl (C=O) groups excluding carboxylic acids is 1. The van der Waals surface area contributed by atoms with Crippen molar-refractivity contribution in [3.63, 3.8) is 0 Å². The zero-order chi connectivity index (χ0) is 20.1. The Morgan fingerprint density at radius 2 is 1.79 bits per heavy atom. The van der Waals surface area contributed by atoms with Crippen molar-refractivity contribution in [1.82, 2.24) is 19.9 Å². The molecule has 0 amide bonds. The fraction of sp³-hybridized carbons (Fsp3) is 0.0526. The summed E-state index contributed by atoms with van der Waals surface area (Å²) >= 11 is 0. The van der Waals surface area contributed by atoms with Crippen LogP contribution in [0.1, 0.15) is 15.9 Å². The van der Waals surface area contributed by atoms with E-state index in [2.05, 4.69) is 19.9 Å². The Kier molecular flexibility index (Phi) is 5.35. The number of aromatic nitrogens is 4. The van der Waals surface area contributed by atoms with Crippen molar-refractivity contribution in [1.29, 1.82) is 0 Å². The first kappa shape index (κ1) is 18.6. The van der Waals surface area contributed by atoms with Gasteiger partial charge in [0.1, 0.15) is 29.1 Å². The molecule has 0 unspecified atom stereocenters. The van der Waals surface area contributed by atoms with Crippen molar-refractivity contribution in [2.75, 3.05) is 12.8 Å². The summed E-state index contributed by atoms with van der Waals surface area (Å²) in [7, 11) is 1.47. The molecule has 0 aliphatic heterocycles. The minimum absolute atomic E-state index is 0.113. The first-order chi connectivity index (χ1) is 13.5. The molecule has 0 radical (unpaired) electrons. The van der Waals surface area contributed by atoms with Crippen LogP contribution >= 0.6 is 0 Å². The van der Waals surface area contributed by atoms with Gasteiger partial charge in [-0.3, -0.25) is 4.79 Å². The van der Waals surface area contributed by atoms with Gasteiger partial charge >= 0.3 is 0 Å². The number of phenols is 2. The molecule has 4 aromatic rings. The summed E-state index contributed by atoms with van der Waals surface area (Å²) in [6, 6.07) is 10.6. The van der Waals surface area contributed by atoms with Crippen LogP contribution in [0.3, 0.4) is 0 Å². The summed E-state index contributed by atoms with van der Waals surface area (Å²) in [5, 5.41) is 19.4. The number of para-hydroxylation sites is 1. The maximum absolute atomic E-state index is 12.1. The number of fused-ring (bicyclic) bond motifs is 1. The van der Waals surface area contributed by atoms with E-state index in [9.17, 15) is 15.0 Å². The molecule has 0 spiro atoms. The van der Waals surface area contributed by atoms with Crippen molar-refractivity contribution >= 4 is 22.8 Å². The fourth-order valence-corrected chi connectivity index (χ4v) is 2.42. The monoisotopic (exact) mass is 379 g/mol. The number of phenolic OH excluding ortho intramolecular Hbond substituents is 2. The number of aromatic hydroxyl groups is 2. The number of nitrogens with one attached hydrogen (secondary N) is 1. The summed E-state index contributed by atoms with van der Waals surface area (Å²) in [6.07, 6.45) is 2.92. The lowest BCUT2D eigenvalue weighted by Gasteiger charge is -2.07. The smallest absolute Gasteiger partial charge is 0.200 e. The highest BCUT2D eigenvalue weighted by Gasteiger charge is 2.16. The first-order valence-electron chi connectivity index (χ1n) is 8.10. The number of hydrogen-bond donors (Lipinski definition) is 4. The lowest BCUT2D eigenvalue weighted by atomic mass is 10.0. The van der Waals surface area contributed by atoms with Crippen LogP contribution in [0.5, 0.6) is 17.2 Å². The molecule has 2 heterocycles. The molecular weight excluding hydrogens is 362 g/mol. The van der Waals surface area contributed by atoms with Crippen LogP contribution in [-0.4, -0.2) is 43.0 Å². The average molecular weight is 379 g/mol. The van der Waals surface area contributed by atoms with E-state index in [4.69, 9.17) is 10.5 Å². The van der Waals surface area contributed by atoms with Gasteiger partial charge in [-0.25, -0.2) is 15.0 Å². The molecule has 5 N–H and O–H groups in total. The Morgan fingerprint density at radius 3 is 2.46 bits per heavy atom. The quantitative estimate of drug-likeness (QED) is 0.396. The van der Waals surface area contributed by atoms with Crippen LogP contribution in [0, 0.1) is 0 Å². The Bertz CT molecular complexity index is 1130. The number of hydrogen-bond acceptors (Lipinski definition) is 8. The van der Waals surface area contributed by atoms with Gasteiger partial charge in [0.15, 0.2) is 17.2 Å². The highest BCUT2D eigenvalue weighted by atomic mass is 16.5. The lowest BCUT2D eigenvalue weighted by molar-refractivity contribution is 0.103. The van der Waals surface area contributed by atoms with Gasteiger partial charge < -0.3 is 25.7 Å². The number of carbonyl (C=O) groups is 1. The minimum atomic E-state index is -0.437. The third-order valence-electron chi connectivity index (χ3n) is 3.85. The molecule has 0 atom stereocenters. The molecule has 2 aromatic heterocycles. The maximum Gasteiger partial charge on any atom is 0.200 e. The Morgan fingerprint density at radius 1 is 1.04 bits per heavy atom. The van der Waals surface area contributed by atoms with Crippen molar-refractivity contribution in [2.24, 2.45) is 0 Å². The molecule has 0 fully saturated rings. The molecule has 0 saturated carbocycles. The molecule has 2 aromatic carbocycles. The molecule has 0 saturated heterocycles. The largest absolute Gasteiger partial charge is 0.507 e. The van der Waals surface area contributed by atoms with Crippen LogP contribution in [0.15, 0.2) is 55.1 Å². The van der Waals surface area contributed by atoms with Gasteiger partial charge in [-0.2, -0.15) is 0 Å². The van der Waals surface area contributed by atoms with Crippen molar-refractivity contribution in [2.45, 2.75) is 0 Å². The third kappa shape index (κ3) is 3.83. The van der Waals surface area contributed by atoms with E-state index in [1.165, 1.54) is 44.0 Å². The van der Waals surface area contributed by atoms with Gasteiger partial charge in [-0.05, 0) is 24.3 Å². The maximum atomic E-state index is 12.1. The predicted octanol–water partition coefficient (Wildman–Crippen LogP) is 2.27. The number of nitrogens with zero attached hydrogens (tertiary/aromatic N) is 3. The molecular formula is C19H17N5O4. The zero-order valence-corrected chi connectivity index (χ0v) is 14.8. The van der Waals surface area contributed by atoms with Crippen LogP contribution < -0.4 is 10.5 Å². The van der Waals surface area contributed by atoms with Gasteiger partial charge in [0.25, 0.3) is 0 Å². The van der Waals surface area contributed by atoms with Crippen LogP contribution in [0.25, 0.3) is 11.2 Å². The van der Waals surface area contributed by atoms with Gasteiger partial charge in [-0.15, -0.1) is 0 Å². The van der Waals surface area contributed by atoms with E-state index in [-0.39, 0.29) is 22.6 Å². The number of rotatable bonds is 3. The van der Waals surface area contributed by atoms with Crippen molar-refractivity contribution in [3.8, 4) is 17.2 Å². The number of nitrogen functional groups attached to an aromatic ring is 1. The molecule has 0 bridgehead atoms. The summed E-state index contributed by atoms with van der Waals surface area (Å²) in [6.45, 7) is 0. The topological polar surface area (TPSA) is 147 Å². The first-order valence-corrected chi connectivity index (χ1v) is 8.10. The number of anilines is 1. The number of ketones is 1. The lowest BCUT2D eigenvalue weighted by Crippen LogP contribution is -2.02. The molecule has 0 aliphatic rings. The SMILES string of the molecule is COc1ccc(C(=O)c2ccccc2O)c(O)c1.Nc1ncnc2nc[nH]c12. The zero-order valence-electron chi connectivity index (χ0n) is 14.8. The summed E-state index contributed by atoms with van der Waals surface area (Å²) in [4.78, 5) is 26.5. The van der Waals surface area contributed by atoms with Crippen molar-refractivity contribution < 1.29 is 19.7 Å². The second-order valence-electron chi connectivity index (χ2n) is 5.59. The van der Waals surface area contributed by atoms with E-state index in [1.807, 2.05) is 0 Å². The highest BCUT2D eigenvalue weighted by molar-refractivity contribution is 6.12. The average Bonchev–Trinajstić information content (AvgIpc) is 3.18. The van der Waals surface area contributed by atoms with Gasteiger partial charge in [0.05, 0.1) is 24.6 Å². The normalized spacial score (nSPS) is 10.2. The van der Waals surface area contributed by atoms with Crippen LogP contribution in [0.4, 0.5) is 5.82 Å². The predicted molar refractivity (Wildman–Crippen MR) is 102 cm³/mol. The molecule has 9 heteroatoms. The fourth-order valence-electron chi connectivity index (χ4n) is 2.42. The van der Waals surface area contributed by atoms with E-state index < -0.39 is 5.78 Å². The molecule has 0 aliphatic carbocycles.